The summed E-state index contributed by atoms with van der Waals surface area (Å²) in [4.78, 5) is 16.2. The molecule has 2 rings (SSSR count). The SMILES string of the molecule is CC(CN)N1CCN(C(=O)c2cn[nH]c2)CC1. The van der Waals surface area contributed by atoms with Gasteiger partial charge in [0.15, 0.2) is 0 Å². The summed E-state index contributed by atoms with van der Waals surface area (Å²) in [6.45, 7) is 6.08. The van der Waals surface area contributed by atoms with Crippen LogP contribution in [0, 0.1) is 0 Å². The molecule has 2 heterocycles. The number of hydrogen-bond donors (Lipinski definition) is 2. The average Bonchev–Trinajstić information content (AvgIpc) is 2.91. The molecular weight excluding hydrogens is 218 g/mol. The fourth-order valence-electron chi connectivity index (χ4n) is 2.07. The molecule has 1 unspecified atom stereocenters. The van der Waals surface area contributed by atoms with Crippen LogP contribution in [0.25, 0.3) is 0 Å². The van der Waals surface area contributed by atoms with E-state index < -0.39 is 0 Å². The molecule has 1 aromatic heterocycles. The molecule has 6 heteroatoms. The molecule has 94 valence electrons. The number of carbonyl (C=O) groups is 1. The number of carbonyl (C=O) groups excluding carboxylic acids is 1. The summed E-state index contributed by atoms with van der Waals surface area (Å²) < 4.78 is 0. The number of H-pyrrole nitrogens is 1. The maximum Gasteiger partial charge on any atom is 0.257 e. The zero-order chi connectivity index (χ0) is 12.3. The van der Waals surface area contributed by atoms with Crippen LogP contribution in [0.5, 0.6) is 0 Å². The third kappa shape index (κ3) is 2.65. The molecule has 17 heavy (non-hydrogen) atoms. The van der Waals surface area contributed by atoms with Gasteiger partial charge in [-0.1, -0.05) is 0 Å². The van der Waals surface area contributed by atoms with Crippen LogP contribution in [-0.4, -0.2) is 64.7 Å². The van der Waals surface area contributed by atoms with Crippen molar-refractivity contribution in [2.24, 2.45) is 5.73 Å². The fraction of sp³-hybridized carbons (Fsp3) is 0.636. The first-order chi connectivity index (χ1) is 8.22. The van der Waals surface area contributed by atoms with Gasteiger partial charge < -0.3 is 10.6 Å². The van der Waals surface area contributed by atoms with E-state index in [1.807, 2.05) is 4.90 Å². The molecule has 1 aromatic rings. The zero-order valence-corrected chi connectivity index (χ0v) is 10.1. The van der Waals surface area contributed by atoms with Gasteiger partial charge in [-0.3, -0.25) is 14.8 Å². The van der Waals surface area contributed by atoms with Crippen molar-refractivity contribution >= 4 is 5.91 Å². The van der Waals surface area contributed by atoms with Crippen LogP contribution in [0.1, 0.15) is 17.3 Å². The molecular formula is C11H19N5O. The summed E-state index contributed by atoms with van der Waals surface area (Å²) >= 11 is 0. The van der Waals surface area contributed by atoms with Gasteiger partial charge in [-0.05, 0) is 6.92 Å². The fourth-order valence-corrected chi connectivity index (χ4v) is 2.07. The molecule has 1 amide bonds. The maximum absolute atomic E-state index is 12.0. The largest absolute Gasteiger partial charge is 0.336 e. The topological polar surface area (TPSA) is 78.2 Å². The number of amides is 1. The third-order valence-electron chi connectivity index (χ3n) is 3.31. The van der Waals surface area contributed by atoms with Gasteiger partial charge in [0.25, 0.3) is 5.91 Å². The molecule has 6 nitrogen and oxygen atoms in total. The van der Waals surface area contributed by atoms with Crippen LogP contribution in [0.2, 0.25) is 0 Å². The molecule has 1 atom stereocenters. The normalized spacial score (nSPS) is 19.3. The first-order valence-corrected chi connectivity index (χ1v) is 5.94. The summed E-state index contributed by atoms with van der Waals surface area (Å²) in [5.74, 6) is 0.0544. The van der Waals surface area contributed by atoms with Gasteiger partial charge in [-0.25, -0.2) is 0 Å². The number of piperazine rings is 1. The average molecular weight is 237 g/mol. The van der Waals surface area contributed by atoms with E-state index in [4.69, 9.17) is 5.73 Å². The van der Waals surface area contributed by atoms with Gasteiger partial charge in [0, 0.05) is 45.0 Å². The minimum Gasteiger partial charge on any atom is -0.336 e. The lowest BCUT2D eigenvalue weighted by Gasteiger charge is -2.37. The standard InChI is InChI=1S/C11H19N5O/c1-9(6-12)15-2-4-16(5-3-15)11(17)10-7-13-14-8-10/h7-9H,2-6,12H2,1H3,(H,13,14). The molecule has 0 saturated carbocycles. The second-order valence-corrected chi connectivity index (χ2v) is 4.40. The summed E-state index contributed by atoms with van der Waals surface area (Å²) in [5, 5.41) is 6.46. The Morgan fingerprint density at radius 2 is 2.24 bits per heavy atom. The van der Waals surface area contributed by atoms with E-state index in [2.05, 4.69) is 22.0 Å². The van der Waals surface area contributed by atoms with Crippen molar-refractivity contribution < 1.29 is 4.79 Å². The van der Waals surface area contributed by atoms with E-state index in [1.165, 1.54) is 0 Å². The van der Waals surface area contributed by atoms with Gasteiger partial charge in [-0.2, -0.15) is 5.10 Å². The molecule has 0 radical (unpaired) electrons. The van der Waals surface area contributed by atoms with Crippen molar-refractivity contribution in [2.75, 3.05) is 32.7 Å². The highest BCUT2D eigenvalue weighted by atomic mass is 16.2. The van der Waals surface area contributed by atoms with Gasteiger partial charge in [0.1, 0.15) is 0 Å². The second kappa shape index (κ2) is 5.29. The van der Waals surface area contributed by atoms with E-state index >= 15 is 0 Å². The second-order valence-electron chi connectivity index (χ2n) is 4.40. The Morgan fingerprint density at radius 1 is 1.53 bits per heavy atom. The molecule has 1 fully saturated rings. The van der Waals surface area contributed by atoms with Crippen LogP contribution in [0.4, 0.5) is 0 Å². The Kier molecular flexibility index (Phi) is 3.75. The van der Waals surface area contributed by atoms with E-state index in [-0.39, 0.29) is 5.91 Å². The van der Waals surface area contributed by atoms with Crippen LogP contribution < -0.4 is 5.73 Å². The first-order valence-electron chi connectivity index (χ1n) is 5.94. The van der Waals surface area contributed by atoms with Crippen LogP contribution in [0.3, 0.4) is 0 Å². The lowest BCUT2D eigenvalue weighted by atomic mass is 10.2. The van der Waals surface area contributed by atoms with Crippen LogP contribution in [0.15, 0.2) is 12.4 Å². The quantitative estimate of drug-likeness (QED) is 0.744. The van der Waals surface area contributed by atoms with Gasteiger partial charge in [0.05, 0.1) is 11.8 Å². The molecule has 0 aliphatic carbocycles. The Morgan fingerprint density at radius 3 is 2.76 bits per heavy atom. The predicted molar refractivity (Wildman–Crippen MR) is 64.6 cm³/mol. The lowest BCUT2D eigenvalue weighted by Crippen LogP contribution is -2.52. The number of aromatic nitrogens is 2. The summed E-state index contributed by atoms with van der Waals surface area (Å²) in [6.07, 6.45) is 3.20. The van der Waals surface area contributed by atoms with Gasteiger partial charge in [0.2, 0.25) is 0 Å². The monoisotopic (exact) mass is 237 g/mol. The Bertz CT molecular complexity index is 356. The van der Waals surface area contributed by atoms with E-state index in [0.29, 0.717) is 18.2 Å². The minimum atomic E-state index is 0.0544. The van der Waals surface area contributed by atoms with Crippen molar-refractivity contribution in [3.05, 3.63) is 18.0 Å². The van der Waals surface area contributed by atoms with Crippen molar-refractivity contribution in [2.45, 2.75) is 13.0 Å². The van der Waals surface area contributed by atoms with Crippen molar-refractivity contribution in [3.63, 3.8) is 0 Å². The van der Waals surface area contributed by atoms with Gasteiger partial charge >= 0.3 is 0 Å². The van der Waals surface area contributed by atoms with Gasteiger partial charge in [-0.15, -0.1) is 0 Å². The Labute approximate surface area is 101 Å². The van der Waals surface area contributed by atoms with E-state index in [1.54, 1.807) is 12.4 Å². The van der Waals surface area contributed by atoms with E-state index in [9.17, 15) is 4.79 Å². The van der Waals surface area contributed by atoms with E-state index in [0.717, 1.165) is 26.2 Å². The molecule has 1 saturated heterocycles. The number of rotatable bonds is 3. The highest BCUT2D eigenvalue weighted by Crippen LogP contribution is 2.09. The predicted octanol–water partition coefficient (Wildman–Crippen LogP) is -0.485. The Hall–Kier alpha value is -1.40. The number of nitrogens with one attached hydrogen (secondary N) is 1. The lowest BCUT2D eigenvalue weighted by molar-refractivity contribution is 0.0589. The number of hydrogen-bond acceptors (Lipinski definition) is 4. The summed E-state index contributed by atoms with van der Waals surface area (Å²) in [7, 11) is 0. The number of aromatic amines is 1. The summed E-state index contributed by atoms with van der Waals surface area (Å²) in [5.41, 5.74) is 6.27. The first kappa shape index (κ1) is 12.1. The minimum absolute atomic E-state index is 0.0544. The highest BCUT2D eigenvalue weighted by molar-refractivity contribution is 5.93. The number of nitrogens with zero attached hydrogens (tertiary/aromatic N) is 3. The Balaban J connectivity index is 1.89. The van der Waals surface area contributed by atoms with Crippen LogP contribution >= 0.6 is 0 Å². The number of nitrogens with two attached hydrogens (primary N) is 1. The molecule has 1 aliphatic rings. The van der Waals surface area contributed by atoms with Crippen molar-refractivity contribution in [1.29, 1.82) is 0 Å². The molecule has 1 aliphatic heterocycles. The molecule has 0 spiro atoms. The third-order valence-corrected chi connectivity index (χ3v) is 3.31. The van der Waals surface area contributed by atoms with Crippen LogP contribution in [-0.2, 0) is 0 Å². The molecule has 3 N–H and O–H groups in total. The molecule has 0 bridgehead atoms. The highest BCUT2D eigenvalue weighted by Gasteiger charge is 2.24. The van der Waals surface area contributed by atoms with Crippen molar-refractivity contribution in [1.82, 2.24) is 20.0 Å². The summed E-state index contributed by atoms with van der Waals surface area (Å²) in [6, 6.07) is 0.390. The zero-order valence-electron chi connectivity index (χ0n) is 10.1. The smallest absolute Gasteiger partial charge is 0.257 e. The van der Waals surface area contributed by atoms with Crippen molar-refractivity contribution in [3.8, 4) is 0 Å². The molecule has 0 aromatic carbocycles. The maximum atomic E-state index is 12.0.